The molecule has 0 bridgehead atoms. The Bertz CT molecular complexity index is 7100. The van der Waals surface area contributed by atoms with E-state index in [1.165, 1.54) is 0 Å². The minimum absolute atomic E-state index is 0.896. The van der Waals surface area contributed by atoms with Gasteiger partial charge in [0.25, 0.3) is 0 Å². The molecule has 0 N–H and O–H groups in total. The van der Waals surface area contributed by atoms with Crippen molar-refractivity contribution in [2.45, 2.75) is 0 Å². The lowest BCUT2D eigenvalue weighted by Crippen LogP contribution is -1.91. The number of para-hydroxylation sites is 2. The molecule has 10 heterocycles. The van der Waals surface area contributed by atoms with Crippen molar-refractivity contribution < 1.29 is 0 Å². The monoisotopic (exact) mass is 1350 g/mol. The lowest BCUT2D eigenvalue weighted by Gasteiger charge is -2.10. The Balaban J connectivity index is 0.000000141. The molecule has 0 atom stereocenters. The van der Waals surface area contributed by atoms with E-state index in [0.717, 1.165) is 210 Å². The number of nitrogens with zero attached hydrogens (tertiary/aromatic N) is 10. The van der Waals surface area contributed by atoms with Gasteiger partial charge in [0.05, 0.1) is 95.0 Å². The molecule has 0 aliphatic heterocycles. The zero-order valence-electron chi connectivity index (χ0n) is 57.0. The fourth-order valence-corrected chi connectivity index (χ4v) is 14.5. The quantitative estimate of drug-likeness (QED) is 0.129. The summed E-state index contributed by atoms with van der Waals surface area (Å²) >= 11 is 0. The van der Waals surface area contributed by atoms with Gasteiger partial charge < -0.3 is 0 Å². The lowest BCUT2D eigenvalue weighted by atomic mass is 9.99. The van der Waals surface area contributed by atoms with Crippen molar-refractivity contribution in [2.24, 2.45) is 0 Å². The molecule has 21 rings (SSSR count). The highest BCUT2D eigenvalue weighted by atomic mass is 14.8. The number of rotatable bonds is 9. The molecule has 106 heavy (non-hydrogen) atoms. The predicted molar refractivity (Wildman–Crippen MR) is 435 cm³/mol. The van der Waals surface area contributed by atoms with Crippen LogP contribution in [0.5, 0.6) is 0 Å². The zero-order valence-corrected chi connectivity index (χ0v) is 57.0. The Kier molecular flexibility index (Phi) is 15.0. The number of pyridine rings is 10. The summed E-state index contributed by atoms with van der Waals surface area (Å²) in [4.78, 5) is 49.6. The standard InChI is InChI=1S/C51H31N5.C45H27N5/c1-2-7-32(8-3-1)44-25-21-35-15-16-36-22-26-46(56-51(36)50(35)55-44)40-11-6-10-37(27-40)38-17-13-33-19-23-45(53-48(33)29-38)41-18-14-34-20-24-47(54-49(34)30-41)42-28-39-9-4-5-12-43(39)52-31-42;1-2-6-38-35(4-1)24-37(27-47-38)41-21-18-31-12-16-36(26-43(31)49-41)40-20-17-30-11-15-34(25-42(30)48-40)28-7-9-29(10-8-28)39-22-19-33-14-13-32-5-3-23-46-44(32)45(33)50-39/h1-31H;1-27H. The van der Waals surface area contributed by atoms with E-state index in [0.29, 0.717) is 0 Å². The van der Waals surface area contributed by atoms with E-state index in [9.17, 15) is 0 Å². The molecule has 11 aromatic carbocycles. The summed E-state index contributed by atoms with van der Waals surface area (Å²) in [5, 5.41) is 10.9. The third kappa shape index (κ3) is 11.6. The number of aromatic nitrogens is 10. The van der Waals surface area contributed by atoms with Gasteiger partial charge in [-0.3, -0.25) is 15.0 Å². The molecule has 10 heteroatoms. The van der Waals surface area contributed by atoms with Gasteiger partial charge in [0.1, 0.15) is 0 Å². The molecule has 492 valence electrons. The van der Waals surface area contributed by atoms with Crippen molar-refractivity contribution >= 4 is 109 Å². The van der Waals surface area contributed by atoms with Crippen molar-refractivity contribution in [2.75, 3.05) is 0 Å². The first-order valence-corrected chi connectivity index (χ1v) is 35.4. The van der Waals surface area contributed by atoms with Gasteiger partial charge in [0, 0.05) is 111 Å². The molecule has 0 saturated carbocycles. The Hall–Kier alpha value is -14.5. The topological polar surface area (TPSA) is 129 Å². The summed E-state index contributed by atoms with van der Waals surface area (Å²) in [5.41, 5.74) is 27.4. The van der Waals surface area contributed by atoms with E-state index >= 15 is 0 Å². The Morgan fingerprint density at radius 2 is 0.443 bits per heavy atom. The van der Waals surface area contributed by atoms with E-state index in [1.807, 2.05) is 79.3 Å². The van der Waals surface area contributed by atoms with Crippen LogP contribution in [0.3, 0.4) is 0 Å². The summed E-state index contributed by atoms with van der Waals surface area (Å²) in [6.07, 6.45) is 5.62. The molecule has 0 spiro atoms. The van der Waals surface area contributed by atoms with Gasteiger partial charge in [-0.05, 0) is 125 Å². The van der Waals surface area contributed by atoms with Gasteiger partial charge in [-0.2, -0.15) is 0 Å². The first-order valence-electron chi connectivity index (χ1n) is 35.4. The van der Waals surface area contributed by atoms with Crippen LogP contribution < -0.4 is 0 Å². The summed E-state index contributed by atoms with van der Waals surface area (Å²) in [5.74, 6) is 0. The number of benzene rings is 11. The van der Waals surface area contributed by atoms with Crippen molar-refractivity contribution in [3.8, 4) is 101 Å². The summed E-state index contributed by atoms with van der Waals surface area (Å²) in [7, 11) is 0. The smallest absolute Gasteiger partial charge is 0.0972 e. The summed E-state index contributed by atoms with van der Waals surface area (Å²) in [6.45, 7) is 0. The zero-order chi connectivity index (χ0) is 70.0. The highest BCUT2D eigenvalue weighted by molar-refractivity contribution is 6.05. The molecule has 10 nitrogen and oxygen atoms in total. The Labute approximate surface area is 608 Å². The van der Waals surface area contributed by atoms with Crippen molar-refractivity contribution in [3.05, 3.63) is 352 Å². The second-order valence-electron chi connectivity index (χ2n) is 26.8. The molecule has 0 aliphatic carbocycles. The van der Waals surface area contributed by atoms with Crippen LogP contribution in [0.2, 0.25) is 0 Å². The maximum atomic E-state index is 5.21. The fourth-order valence-electron chi connectivity index (χ4n) is 14.5. The van der Waals surface area contributed by atoms with Gasteiger partial charge in [0.15, 0.2) is 0 Å². The molecule has 21 aromatic rings. The van der Waals surface area contributed by atoms with Gasteiger partial charge in [-0.1, -0.05) is 231 Å². The maximum absolute atomic E-state index is 5.21. The van der Waals surface area contributed by atoms with Crippen LogP contribution in [-0.2, 0) is 0 Å². The maximum Gasteiger partial charge on any atom is 0.0972 e. The third-order valence-corrected chi connectivity index (χ3v) is 20.2. The molecule has 10 aromatic heterocycles. The first-order chi connectivity index (χ1) is 52.4. The number of fused-ring (bicyclic) bond motifs is 12. The van der Waals surface area contributed by atoms with Gasteiger partial charge >= 0.3 is 0 Å². The molecule has 0 radical (unpaired) electrons. The predicted octanol–water partition coefficient (Wildman–Crippen LogP) is 23.9. The van der Waals surface area contributed by atoms with Crippen LogP contribution in [-0.4, -0.2) is 49.8 Å². The van der Waals surface area contributed by atoms with Crippen LogP contribution in [0.4, 0.5) is 0 Å². The highest BCUT2D eigenvalue weighted by Crippen LogP contribution is 2.37. The van der Waals surface area contributed by atoms with Crippen LogP contribution in [0.25, 0.3) is 210 Å². The van der Waals surface area contributed by atoms with Crippen LogP contribution in [0.15, 0.2) is 352 Å². The molecular formula is C96H58N10. The van der Waals surface area contributed by atoms with Crippen LogP contribution >= 0.6 is 0 Å². The second-order valence-corrected chi connectivity index (χ2v) is 26.8. The van der Waals surface area contributed by atoms with Crippen molar-refractivity contribution in [1.82, 2.24) is 49.8 Å². The summed E-state index contributed by atoms with van der Waals surface area (Å²) in [6, 6.07) is 116. The first kappa shape index (κ1) is 61.4. The van der Waals surface area contributed by atoms with Gasteiger partial charge in [0.2, 0.25) is 0 Å². The van der Waals surface area contributed by atoms with E-state index in [4.69, 9.17) is 34.9 Å². The average Bonchev–Trinajstić information content (AvgIpc) is 0.783. The Morgan fingerprint density at radius 1 is 0.142 bits per heavy atom. The molecule has 0 saturated heterocycles. The van der Waals surface area contributed by atoms with Crippen LogP contribution in [0.1, 0.15) is 0 Å². The fraction of sp³-hybridized carbons (Fsp3) is 0. The Morgan fingerprint density at radius 3 is 0.943 bits per heavy atom. The molecule has 0 amide bonds. The van der Waals surface area contributed by atoms with Gasteiger partial charge in [-0.15, -0.1) is 0 Å². The lowest BCUT2D eigenvalue weighted by molar-refractivity contribution is 1.35. The van der Waals surface area contributed by atoms with Crippen molar-refractivity contribution in [3.63, 3.8) is 0 Å². The molecular weight excluding hydrogens is 1290 g/mol. The SMILES string of the molecule is c1ccc(-c2ccc3ccc4ccc(-c5cccc(-c6ccc7ccc(-c8ccc9ccc(-c%10cnc%11ccccc%11c%10)nc9c8)nc7c6)c5)nc4c3n2)cc1.c1ccc2ncc(-c3ccc4ccc(-c5ccc6ccc(-c7ccc(-c8ccc9ccc%10cccnc%10c9n8)cc7)cc6n5)cc4n3)cc2c1. The van der Waals surface area contributed by atoms with E-state index in [-0.39, 0.29) is 0 Å². The van der Waals surface area contributed by atoms with E-state index in [2.05, 4.69) is 288 Å². The minimum Gasteiger partial charge on any atom is -0.256 e. The molecule has 0 fully saturated rings. The van der Waals surface area contributed by atoms with E-state index in [1.54, 1.807) is 0 Å². The average molecular weight is 1350 g/mol. The van der Waals surface area contributed by atoms with Crippen molar-refractivity contribution in [1.29, 1.82) is 0 Å². The van der Waals surface area contributed by atoms with Crippen LogP contribution in [0, 0.1) is 0 Å². The third-order valence-electron chi connectivity index (χ3n) is 20.2. The summed E-state index contributed by atoms with van der Waals surface area (Å²) < 4.78 is 0. The normalized spacial score (nSPS) is 11.6. The minimum atomic E-state index is 0.896. The molecule has 0 aliphatic rings. The second kappa shape index (κ2) is 25.8. The van der Waals surface area contributed by atoms with E-state index < -0.39 is 0 Å². The number of hydrogen-bond donors (Lipinski definition) is 0. The number of hydrogen-bond acceptors (Lipinski definition) is 10. The largest absolute Gasteiger partial charge is 0.256 e. The molecule has 0 unspecified atom stereocenters. The van der Waals surface area contributed by atoms with Gasteiger partial charge in [-0.25, -0.2) is 34.9 Å². The highest BCUT2D eigenvalue weighted by Gasteiger charge is 2.16.